The van der Waals surface area contributed by atoms with Gasteiger partial charge in [0.1, 0.15) is 5.60 Å². The summed E-state index contributed by atoms with van der Waals surface area (Å²) < 4.78 is 29.4. The van der Waals surface area contributed by atoms with E-state index >= 15 is 0 Å². The van der Waals surface area contributed by atoms with Crippen LogP contribution >= 0.6 is 0 Å². The van der Waals surface area contributed by atoms with Crippen LogP contribution in [0.5, 0.6) is 11.5 Å². The van der Waals surface area contributed by atoms with Crippen LogP contribution in [-0.2, 0) is 30.4 Å². The Balaban J connectivity index is 2.45. The Labute approximate surface area is 286 Å². The van der Waals surface area contributed by atoms with Crippen molar-refractivity contribution in [3.05, 3.63) is 27.8 Å². The summed E-state index contributed by atoms with van der Waals surface area (Å²) in [6.07, 6.45) is 2.05. The van der Waals surface area contributed by atoms with E-state index in [1.165, 1.54) is 19.2 Å². The number of nitro benzene ring substituents is 1. The van der Waals surface area contributed by atoms with E-state index in [0.29, 0.717) is 19.4 Å². The molecule has 0 saturated carbocycles. The van der Waals surface area contributed by atoms with Crippen molar-refractivity contribution in [2.75, 3.05) is 33.4 Å². The van der Waals surface area contributed by atoms with Crippen molar-refractivity contribution < 1.29 is 43.3 Å². The van der Waals surface area contributed by atoms with Crippen molar-refractivity contribution in [2.24, 2.45) is 5.41 Å². The Hall–Kier alpha value is -3.00. The van der Waals surface area contributed by atoms with Gasteiger partial charge in [0.15, 0.2) is 11.5 Å². The molecular formula is C35H61N3O10. The van der Waals surface area contributed by atoms with Crippen molar-refractivity contribution >= 4 is 17.5 Å². The molecule has 0 aliphatic rings. The van der Waals surface area contributed by atoms with Crippen molar-refractivity contribution in [2.45, 2.75) is 137 Å². The highest BCUT2D eigenvalue weighted by atomic mass is 16.6. The third-order valence-corrected chi connectivity index (χ3v) is 8.47. The minimum absolute atomic E-state index is 0.0174. The lowest BCUT2D eigenvalue weighted by Gasteiger charge is -2.44. The van der Waals surface area contributed by atoms with E-state index in [4.69, 9.17) is 23.7 Å². The van der Waals surface area contributed by atoms with Crippen LogP contribution in [0.2, 0.25) is 0 Å². The summed E-state index contributed by atoms with van der Waals surface area (Å²) in [5, 5.41) is 26.2. The third kappa shape index (κ3) is 14.2. The minimum Gasteiger partial charge on any atom is -0.493 e. The maximum atomic E-state index is 12.9. The summed E-state index contributed by atoms with van der Waals surface area (Å²) in [6, 6.07) is 2.55. The molecule has 1 unspecified atom stereocenters. The maximum Gasteiger partial charge on any atom is 0.278 e. The molecule has 1 rings (SSSR count). The van der Waals surface area contributed by atoms with Gasteiger partial charge in [0, 0.05) is 32.5 Å². The predicted molar refractivity (Wildman–Crippen MR) is 184 cm³/mol. The van der Waals surface area contributed by atoms with Crippen LogP contribution in [0.4, 0.5) is 5.69 Å². The number of amides is 2. The molecule has 0 aliphatic carbocycles. The van der Waals surface area contributed by atoms with E-state index in [0.717, 1.165) is 6.42 Å². The summed E-state index contributed by atoms with van der Waals surface area (Å²) in [7, 11) is 1.39. The Bertz CT molecular complexity index is 1200. The number of ether oxygens (including phenoxy) is 5. The van der Waals surface area contributed by atoms with Gasteiger partial charge in [-0.3, -0.25) is 19.7 Å². The van der Waals surface area contributed by atoms with Crippen molar-refractivity contribution in [1.82, 2.24) is 10.6 Å². The molecule has 0 aliphatic heterocycles. The molecule has 0 spiro atoms. The molecule has 13 nitrogen and oxygen atoms in total. The van der Waals surface area contributed by atoms with Crippen LogP contribution in [0.15, 0.2) is 12.1 Å². The molecule has 0 fully saturated rings. The van der Waals surface area contributed by atoms with Gasteiger partial charge in [-0.2, -0.15) is 0 Å². The van der Waals surface area contributed by atoms with E-state index in [9.17, 15) is 24.8 Å². The number of aliphatic hydroxyl groups is 1. The first-order valence-corrected chi connectivity index (χ1v) is 16.7. The molecule has 2 amide bonds. The molecule has 1 aromatic rings. The van der Waals surface area contributed by atoms with Gasteiger partial charge in [0.2, 0.25) is 5.91 Å². The average Bonchev–Trinajstić information content (AvgIpc) is 2.95. The number of benzene rings is 1. The molecule has 0 aromatic heterocycles. The van der Waals surface area contributed by atoms with Crippen molar-refractivity contribution in [1.29, 1.82) is 0 Å². The maximum absolute atomic E-state index is 12.9. The van der Waals surface area contributed by atoms with Crippen molar-refractivity contribution in [3.63, 3.8) is 0 Å². The standard InChI is InChI=1S/C35H61N3O10/c1-24(2)47-33(6,7)22-25(3)48-35(10,11)32(4,5)15-19-46-34(8,9)31(41)37-17-16-36-30(40)14-13-18-45-29-21-27(38(42)43)26(23-39)20-28(29)44-12/h20-21,24-25,39H,13-19,22-23H2,1-12H3,(H,36,40)(H,37,41). The SMILES string of the molecule is COc1cc(CO)c([N+](=O)[O-])cc1OCCCC(=O)NCCNC(=O)C(C)(C)OCCC(C)(C)C(C)(C)OC(C)CC(C)(C)OC(C)C. The molecule has 48 heavy (non-hydrogen) atoms. The zero-order valence-corrected chi connectivity index (χ0v) is 31.2. The van der Waals surface area contributed by atoms with Gasteiger partial charge in [-0.1, -0.05) is 13.8 Å². The summed E-state index contributed by atoms with van der Waals surface area (Å²) in [6.45, 7) is 22.6. The van der Waals surface area contributed by atoms with Crippen molar-refractivity contribution in [3.8, 4) is 11.5 Å². The Morgan fingerprint density at radius 2 is 1.56 bits per heavy atom. The van der Waals surface area contributed by atoms with Crippen LogP contribution < -0.4 is 20.1 Å². The fourth-order valence-corrected chi connectivity index (χ4v) is 5.26. The minimum atomic E-state index is -1.07. The molecule has 0 saturated heterocycles. The van der Waals surface area contributed by atoms with Crippen LogP contribution in [0.25, 0.3) is 0 Å². The lowest BCUT2D eigenvalue weighted by Crippen LogP contribution is -2.48. The third-order valence-electron chi connectivity index (χ3n) is 8.47. The van der Waals surface area contributed by atoms with E-state index < -0.39 is 22.7 Å². The second-order valence-corrected chi connectivity index (χ2v) is 14.7. The van der Waals surface area contributed by atoms with Gasteiger partial charge in [-0.05, 0) is 86.6 Å². The van der Waals surface area contributed by atoms with Gasteiger partial charge < -0.3 is 39.4 Å². The number of nitrogens with one attached hydrogen (secondary N) is 2. The quantitative estimate of drug-likeness (QED) is 0.0764. The number of aliphatic hydroxyl groups excluding tert-OH is 1. The second-order valence-electron chi connectivity index (χ2n) is 14.7. The fraction of sp³-hybridized carbons (Fsp3) is 0.771. The molecule has 3 N–H and O–H groups in total. The first-order chi connectivity index (χ1) is 22.1. The van der Waals surface area contributed by atoms with Crippen LogP contribution in [-0.4, -0.2) is 84.3 Å². The normalized spacial score (nSPS) is 13.3. The number of methoxy groups -OCH3 is 1. The zero-order valence-electron chi connectivity index (χ0n) is 31.2. The molecule has 0 radical (unpaired) electrons. The Kier molecular flexibility index (Phi) is 16.7. The summed E-state index contributed by atoms with van der Waals surface area (Å²) in [5.41, 5.74) is -2.25. The van der Waals surface area contributed by atoms with Crippen LogP contribution in [0.1, 0.15) is 107 Å². The summed E-state index contributed by atoms with van der Waals surface area (Å²) in [4.78, 5) is 35.8. The first kappa shape index (κ1) is 43.0. The smallest absolute Gasteiger partial charge is 0.278 e. The van der Waals surface area contributed by atoms with E-state index in [-0.39, 0.29) is 83.9 Å². The highest BCUT2D eigenvalue weighted by Crippen LogP contribution is 2.39. The summed E-state index contributed by atoms with van der Waals surface area (Å²) in [5.74, 6) is -0.114. The number of nitro groups is 1. The lowest BCUT2D eigenvalue weighted by atomic mass is 9.74. The van der Waals surface area contributed by atoms with E-state index in [1.54, 1.807) is 13.8 Å². The fourth-order valence-electron chi connectivity index (χ4n) is 5.26. The number of nitrogens with zero attached hydrogens (tertiary/aromatic N) is 1. The monoisotopic (exact) mass is 683 g/mol. The predicted octanol–water partition coefficient (Wildman–Crippen LogP) is 5.48. The van der Waals surface area contributed by atoms with Crippen LogP contribution in [0, 0.1) is 15.5 Å². The topological polar surface area (TPSA) is 168 Å². The van der Waals surface area contributed by atoms with E-state index in [2.05, 4.69) is 59.1 Å². The largest absolute Gasteiger partial charge is 0.493 e. The average molecular weight is 684 g/mol. The molecule has 13 heteroatoms. The number of rotatable bonds is 23. The summed E-state index contributed by atoms with van der Waals surface area (Å²) >= 11 is 0. The number of carbonyl (C=O) groups is 2. The second kappa shape index (κ2) is 18.7. The lowest BCUT2D eigenvalue weighted by molar-refractivity contribution is -0.385. The first-order valence-electron chi connectivity index (χ1n) is 16.7. The molecule has 0 heterocycles. The highest BCUT2D eigenvalue weighted by molar-refractivity contribution is 5.84. The molecule has 0 bridgehead atoms. The van der Waals surface area contributed by atoms with E-state index in [1.807, 2.05) is 13.8 Å². The van der Waals surface area contributed by atoms with Gasteiger partial charge in [-0.25, -0.2) is 0 Å². The van der Waals surface area contributed by atoms with Crippen LogP contribution in [0.3, 0.4) is 0 Å². The highest BCUT2D eigenvalue weighted by Gasteiger charge is 2.40. The van der Waals surface area contributed by atoms with Gasteiger partial charge >= 0.3 is 0 Å². The number of hydrogen-bond acceptors (Lipinski definition) is 10. The molecule has 276 valence electrons. The molecule has 1 aromatic carbocycles. The van der Waals surface area contributed by atoms with Gasteiger partial charge in [0.25, 0.3) is 11.6 Å². The Morgan fingerprint density at radius 1 is 0.938 bits per heavy atom. The van der Waals surface area contributed by atoms with Gasteiger partial charge in [-0.15, -0.1) is 0 Å². The Morgan fingerprint density at radius 3 is 2.12 bits per heavy atom. The van der Waals surface area contributed by atoms with Gasteiger partial charge in [0.05, 0.1) is 60.3 Å². The molecule has 1 atom stereocenters. The number of hydrogen-bond donors (Lipinski definition) is 3. The molecular weight excluding hydrogens is 622 g/mol. The number of carbonyl (C=O) groups excluding carboxylic acids is 2. The zero-order chi connectivity index (χ0) is 36.9.